The number of rotatable bonds is 8. The first-order chi connectivity index (χ1) is 13.9. The number of nitrogens with two attached hydrogens (primary N) is 1. The fourth-order valence-electron chi connectivity index (χ4n) is 3.98. The Labute approximate surface area is 177 Å². The molecule has 1 aromatic carbocycles. The number of carbonyl (C=O) groups is 1. The van der Waals surface area contributed by atoms with Crippen molar-refractivity contribution in [3.05, 3.63) is 22.2 Å². The summed E-state index contributed by atoms with van der Waals surface area (Å²) in [6.45, 7) is 8.01. The number of carbonyl (C=O) groups excluding carboxylic acids is 1. The average Bonchev–Trinajstić information content (AvgIpc) is 3.18. The van der Waals surface area contributed by atoms with Crippen molar-refractivity contribution in [3.8, 4) is 5.75 Å². The van der Waals surface area contributed by atoms with E-state index in [0.29, 0.717) is 35.1 Å². The molecule has 29 heavy (non-hydrogen) atoms. The van der Waals surface area contributed by atoms with Crippen molar-refractivity contribution in [3.63, 3.8) is 0 Å². The number of amides is 1. The number of methoxy groups -OCH3 is 1. The van der Waals surface area contributed by atoms with Crippen LogP contribution in [0.2, 0.25) is 5.02 Å². The summed E-state index contributed by atoms with van der Waals surface area (Å²) in [4.78, 5) is 15.3. The second-order valence-corrected chi connectivity index (χ2v) is 8.35. The molecule has 2 aliphatic rings. The van der Waals surface area contributed by atoms with E-state index in [1.807, 2.05) is 13.8 Å². The molecule has 0 unspecified atom stereocenters. The van der Waals surface area contributed by atoms with E-state index in [9.17, 15) is 4.79 Å². The first-order valence-electron chi connectivity index (χ1n) is 10.3. The monoisotopic (exact) mass is 425 g/mol. The van der Waals surface area contributed by atoms with Gasteiger partial charge < -0.3 is 30.2 Å². The van der Waals surface area contributed by atoms with E-state index in [2.05, 4.69) is 10.2 Å². The van der Waals surface area contributed by atoms with Crippen LogP contribution in [0.3, 0.4) is 0 Å². The number of fused-ring (bicyclic) bond motifs is 1. The van der Waals surface area contributed by atoms with Crippen LogP contribution in [0.5, 0.6) is 5.75 Å². The molecule has 8 heteroatoms. The first kappa shape index (κ1) is 22.2. The van der Waals surface area contributed by atoms with E-state index >= 15 is 0 Å². The van der Waals surface area contributed by atoms with Gasteiger partial charge >= 0.3 is 0 Å². The maximum absolute atomic E-state index is 13.0. The number of hydrogen-bond acceptors (Lipinski definition) is 6. The van der Waals surface area contributed by atoms with Crippen LogP contribution in [-0.4, -0.2) is 69.0 Å². The van der Waals surface area contributed by atoms with Gasteiger partial charge in [0.05, 0.1) is 41.1 Å². The molecule has 3 N–H and O–H groups in total. The molecule has 1 amide bonds. The Morgan fingerprint density at radius 2 is 2.28 bits per heavy atom. The predicted octanol–water partition coefficient (Wildman–Crippen LogP) is 2.49. The number of halogens is 1. The van der Waals surface area contributed by atoms with Crippen molar-refractivity contribution in [2.24, 2.45) is 0 Å². The summed E-state index contributed by atoms with van der Waals surface area (Å²) >= 11 is 6.24. The van der Waals surface area contributed by atoms with Gasteiger partial charge in [-0.15, -0.1) is 0 Å². The largest absolute Gasteiger partial charge is 0.492 e. The van der Waals surface area contributed by atoms with Gasteiger partial charge in [0.2, 0.25) is 0 Å². The fraction of sp³-hybridized carbons (Fsp3) is 0.667. The third kappa shape index (κ3) is 5.34. The number of nitrogen functional groups attached to an aromatic ring is 1. The SMILES string of the molecule is CO[C@@H]1CN(CCCOC(C)C)CC[C@@H]1NC(=O)c1cc(Cl)c(N)c2c1OCC2. The molecule has 2 aliphatic heterocycles. The van der Waals surface area contributed by atoms with Crippen molar-refractivity contribution in [2.45, 2.75) is 51.4 Å². The number of hydrogen-bond donors (Lipinski definition) is 2. The third-order valence-corrected chi connectivity index (χ3v) is 5.86. The van der Waals surface area contributed by atoms with Crippen LogP contribution >= 0.6 is 11.6 Å². The zero-order valence-corrected chi connectivity index (χ0v) is 18.3. The van der Waals surface area contributed by atoms with Crippen LogP contribution in [0.4, 0.5) is 5.69 Å². The number of ether oxygens (including phenoxy) is 3. The Hall–Kier alpha value is -1.54. The van der Waals surface area contributed by atoms with Crippen molar-refractivity contribution in [2.75, 3.05) is 45.7 Å². The van der Waals surface area contributed by atoms with Gasteiger partial charge in [-0.2, -0.15) is 0 Å². The second-order valence-electron chi connectivity index (χ2n) is 7.94. The molecule has 1 saturated heterocycles. The molecule has 0 aliphatic carbocycles. The molecule has 0 saturated carbocycles. The molecule has 1 aromatic rings. The van der Waals surface area contributed by atoms with Crippen LogP contribution in [-0.2, 0) is 15.9 Å². The van der Waals surface area contributed by atoms with Crippen LogP contribution < -0.4 is 15.8 Å². The molecule has 2 atom stereocenters. The molecular weight excluding hydrogens is 394 g/mol. The van der Waals surface area contributed by atoms with Gasteiger partial charge in [0.1, 0.15) is 5.75 Å². The van der Waals surface area contributed by atoms with Gasteiger partial charge in [0.25, 0.3) is 5.91 Å². The fourth-order valence-corrected chi connectivity index (χ4v) is 4.20. The highest BCUT2D eigenvalue weighted by molar-refractivity contribution is 6.33. The van der Waals surface area contributed by atoms with Gasteiger partial charge in [-0.05, 0) is 32.8 Å². The van der Waals surface area contributed by atoms with E-state index in [4.69, 9.17) is 31.5 Å². The lowest BCUT2D eigenvalue weighted by Crippen LogP contribution is -2.55. The lowest BCUT2D eigenvalue weighted by atomic mass is 10.00. The topological polar surface area (TPSA) is 86.1 Å². The van der Waals surface area contributed by atoms with Crippen LogP contribution in [0.1, 0.15) is 42.6 Å². The Bertz CT molecular complexity index is 728. The number of piperidine rings is 1. The minimum Gasteiger partial charge on any atom is -0.492 e. The van der Waals surface area contributed by atoms with Crippen molar-refractivity contribution in [1.29, 1.82) is 0 Å². The van der Waals surface area contributed by atoms with E-state index in [1.165, 1.54) is 0 Å². The molecule has 7 nitrogen and oxygen atoms in total. The summed E-state index contributed by atoms with van der Waals surface area (Å²) < 4.78 is 17.0. The Morgan fingerprint density at radius 3 is 3.00 bits per heavy atom. The molecule has 0 spiro atoms. The molecule has 0 bridgehead atoms. The zero-order valence-electron chi connectivity index (χ0n) is 17.5. The highest BCUT2D eigenvalue weighted by atomic mass is 35.5. The molecule has 162 valence electrons. The standard InChI is InChI=1S/C21H32ClN3O4/c1-13(2)28-9-4-7-25-8-5-17(18(12-25)27-3)24-21(26)15-11-16(22)19(23)14-6-10-29-20(14)15/h11,13,17-18H,4-10,12,23H2,1-3H3,(H,24,26)/t17-,18+/m0/s1. The van der Waals surface area contributed by atoms with E-state index in [0.717, 1.165) is 44.6 Å². The van der Waals surface area contributed by atoms with Gasteiger partial charge in [-0.25, -0.2) is 0 Å². The normalized spacial score (nSPS) is 21.8. The zero-order chi connectivity index (χ0) is 21.0. The molecule has 1 fully saturated rings. The van der Waals surface area contributed by atoms with Crippen molar-refractivity contribution < 1.29 is 19.0 Å². The van der Waals surface area contributed by atoms with Gasteiger partial charge in [-0.3, -0.25) is 4.79 Å². The summed E-state index contributed by atoms with van der Waals surface area (Å²) in [6.07, 6.45) is 2.66. The summed E-state index contributed by atoms with van der Waals surface area (Å²) in [6, 6.07) is 1.53. The summed E-state index contributed by atoms with van der Waals surface area (Å²) in [5.74, 6) is 0.358. The minimum absolute atomic E-state index is 0.0657. The summed E-state index contributed by atoms with van der Waals surface area (Å²) in [5, 5.41) is 3.51. The van der Waals surface area contributed by atoms with E-state index in [1.54, 1.807) is 13.2 Å². The van der Waals surface area contributed by atoms with Crippen molar-refractivity contribution >= 4 is 23.2 Å². The number of likely N-dealkylation sites (tertiary alicyclic amines) is 1. The molecular formula is C21H32ClN3O4. The molecule has 3 rings (SSSR count). The Balaban J connectivity index is 1.59. The van der Waals surface area contributed by atoms with Crippen molar-refractivity contribution in [1.82, 2.24) is 10.2 Å². The Morgan fingerprint density at radius 1 is 1.48 bits per heavy atom. The molecule has 0 radical (unpaired) electrons. The summed E-state index contributed by atoms with van der Waals surface area (Å²) in [5.41, 5.74) is 7.80. The maximum Gasteiger partial charge on any atom is 0.255 e. The predicted molar refractivity (Wildman–Crippen MR) is 114 cm³/mol. The molecule has 2 heterocycles. The lowest BCUT2D eigenvalue weighted by molar-refractivity contribution is 0.00174. The van der Waals surface area contributed by atoms with Crippen LogP contribution in [0.15, 0.2) is 6.07 Å². The number of benzene rings is 1. The quantitative estimate of drug-likeness (QED) is 0.491. The second kappa shape index (κ2) is 9.98. The van der Waals surface area contributed by atoms with Crippen LogP contribution in [0, 0.1) is 0 Å². The van der Waals surface area contributed by atoms with E-state index in [-0.39, 0.29) is 24.2 Å². The number of nitrogens with zero attached hydrogens (tertiary/aromatic N) is 1. The highest BCUT2D eigenvalue weighted by Gasteiger charge is 2.32. The highest BCUT2D eigenvalue weighted by Crippen LogP contribution is 2.38. The van der Waals surface area contributed by atoms with Crippen LogP contribution in [0.25, 0.3) is 0 Å². The van der Waals surface area contributed by atoms with Gasteiger partial charge in [0, 0.05) is 45.3 Å². The first-order valence-corrected chi connectivity index (χ1v) is 10.7. The lowest BCUT2D eigenvalue weighted by Gasteiger charge is -2.38. The smallest absolute Gasteiger partial charge is 0.255 e. The average molecular weight is 426 g/mol. The third-order valence-electron chi connectivity index (χ3n) is 5.55. The number of anilines is 1. The Kier molecular flexibility index (Phi) is 7.62. The number of nitrogens with one attached hydrogen (secondary N) is 1. The van der Waals surface area contributed by atoms with Gasteiger partial charge in [-0.1, -0.05) is 11.6 Å². The maximum atomic E-state index is 13.0. The molecule has 0 aromatic heterocycles. The van der Waals surface area contributed by atoms with E-state index < -0.39 is 0 Å². The van der Waals surface area contributed by atoms with Gasteiger partial charge in [0.15, 0.2) is 0 Å². The minimum atomic E-state index is -0.198. The summed E-state index contributed by atoms with van der Waals surface area (Å²) in [7, 11) is 1.69.